The van der Waals surface area contributed by atoms with Crippen LogP contribution < -0.4 is 15.4 Å². The van der Waals surface area contributed by atoms with Crippen molar-refractivity contribution in [3.8, 4) is 5.75 Å². The summed E-state index contributed by atoms with van der Waals surface area (Å²) in [4.78, 5) is 2.39. The lowest BCUT2D eigenvalue weighted by atomic mass is 9.86. The fourth-order valence-corrected chi connectivity index (χ4v) is 12.9. The number of benzene rings is 1. The molecule has 0 amide bonds. The first-order valence-corrected chi connectivity index (χ1v) is 17.1. The van der Waals surface area contributed by atoms with E-state index in [1.54, 1.807) is 0 Å². The van der Waals surface area contributed by atoms with Gasteiger partial charge in [0.25, 0.3) is 0 Å². The molecule has 0 spiro atoms. The molecule has 212 valence electrons. The van der Waals surface area contributed by atoms with Gasteiger partial charge in [0.2, 0.25) is 5.95 Å². The molecule has 8 heteroatoms. The summed E-state index contributed by atoms with van der Waals surface area (Å²) in [6.07, 6.45) is 6.22. The second-order valence-electron chi connectivity index (χ2n) is 12.6. The minimum atomic E-state index is -1.88. The van der Waals surface area contributed by atoms with E-state index < -0.39 is 8.32 Å². The van der Waals surface area contributed by atoms with Gasteiger partial charge in [0, 0.05) is 25.7 Å². The summed E-state index contributed by atoms with van der Waals surface area (Å²) in [5.74, 6) is 2.22. The number of nitrogens with two attached hydrogens (primary N) is 1. The van der Waals surface area contributed by atoms with Crippen LogP contribution in [0.1, 0.15) is 90.5 Å². The topological polar surface area (TPSA) is 77.9 Å². The predicted molar refractivity (Wildman–Crippen MR) is 161 cm³/mol. The lowest BCUT2D eigenvalue weighted by Gasteiger charge is -2.44. The summed E-state index contributed by atoms with van der Waals surface area (Å²) in [5.41, 5.74) is 11.4. The van der Waals surface area contributed by atoms with Gasteiger partial charge in [-0.25, -0.2) is 0 Å². The average molecular weight is 550 g/mol. The molecule has 7 nitrogen and oxygen atoms in total. The van der Waals surface area contributed by atoms with Gasteiger partial charge in [0.15, 0.2) is 14.0 Å². The first-order chi connectivity index (χ1) is 18.7. The first-order valence-electron chi connectivity index (χ1n) is 15.0. The molecule has 1 aromatic carbocycles. The molecule has 1 aliphatic heterocycles. The summed E-state index contributed by atoms with van der Waals surface area (Å²) in [5, 5.41) is 9.10. The van der Waals surface area contributed by atoms with Gasteiger partial charge in [0.1, 0.15) is 11.9 Å². The van der Waals surface area contributed by atoms with Gasteiger partial charge in [-0.2, -0.15) is 0 Å². The van der Waals surface area contributed by atoms with Crippen molar-refractivity contribution >= 4 is 19.9 Å². The summed E-state index contributed by atoms with van der Waals surface area (Å²) in [6.45, 7) is 16.9. The van der Waals surface area contributed by atoms with Gasteiger partial charge in [-0.3, -0.25) is 4.40 Å². The van der Waals surface area contributed by atoms with E-state index in [2.05, 4.69) is 91.5 Å². The summed E-state index contributed by atoms with van der Waals surface area (Å²) >= 11 is 0. The van der Waals surface area contributed by atoms with Crippen molar-refractivity contribution in [2.75, 3.05) is 24.6 Å². The van der Waals surface area contributed by atoms with Gasteiger partial charge in [-0.1, -0.05) is 65.8 Å². The van der Waals surface area contributed by atoms with E-state index in [1.807, 2.05) is 12.1 Å². The summed E-state index contributed by atoms with van der Waals surface area (Å²) < 4.78 is 15.6. The Balaban J connectivity index is 1.32. The van der Waals surface area contributed by atoms with Crippen LogP contribution in [0.15, 0.2) is 42.6 Å². The molecule has 0 saturated carbocycles. The maximum Gasteiger partial charge on any atom is 0.231 e. The van der Waals surface area contributed by atoms with E-state index in [1.165, 1.54) is 17.5 Å². The van der Waals surface area contributed by atoms with E-state index in [0.29, 0.717) is 22.5 Å². The number of nitrogens with zero attached hydrogens (tertiary/aromatic N) is 4. The summed E-state index contributed by atoms with van der Waals surface area (Å²) in [7, 11) is -1.88. The SMILES string of the molecule is CC(C)[Si](OC[C@H]1CCCN(c2nnc3ccc(O[C@@H]4CC[C@H](N)c5ccccc54)cn23)C1)(C(C)C)C(C)C. The molecule has 39 heavy (non-hydrogen) atoms. The van der Waals surface area contributed by atoms with Crippen molar-refractivity contribution < 1.29 is 9.16 Å². The normalized spacial score (nSPS) is 22.2. The van der Waals surface area contributed by atoms with Crippen molar-refractivity contribution in [3.63, 3.8) is 0 Å². The molecule has 1 saturated heterocycles. The van der Waals surface area contributed by atoms with Crippen molar-refractivity contribution in [2.45, 2.75) is 96.0 Å². The second-order valence-corrected chi connectivity index (χ2v) is 18.1. The van der Waals surface area contributed by atoms with E-state index in [-0.39, 0.29) is 12.1 Å². The third kappa shape index (κ3) is 5.48. The standard InChI is InChI=1S/C31H47N5O2Si/c1-21(2)39(22(3)4,23(5)6)37-20-24-10-9-17-35(18-24)31-34-33-30-16-13-25(19-36(30)31)38-29-15-14-28(32)26-11-7-8-12-27(26)29/h7-8,11-13,16,19,21-24,28-29H,9-10,14-15,17-18,20,32H2,1-6H3/t24-,28-,29+/m0/s1. The van der Waals surface area contributed by atoms with Gasteiger partial charge in [-0.15, -0.1) is 10.2 Å². The third-order valence-electron chi connectivity index (χ3n) is 9.20. The van der Waals surface area contributed by atoms with Crippen LogP contribution in [-0.2, 0) is 4.43 Å². The zero-order chi connectivity index (χ0) is 27.7. The lowest BCUT2D eigenvalue weighted by Crippen LogP contribution is -2.49. The Hall–Kier alpha value is -2.42. The van der Waals surface area contributed by atoms with Crippen LogP contribution in [0.5, 0.6) is 5.75 Å². The van der Waals surface area contributed by atoms with Crippen LogP contribution in [0, 0.1) is 5.92 Å². The van der Waals surface area contributed by atoms with Gasteiger partial charge >= 0.3 is 0 Å². The molecule has 2 aromatic heterocycles. The molecule has 3 heterocycles. The maximum absolute atomic E-state index is 6.99. The molecule has 3 atom stereocenters. The van der Waals surface area contributed by atoms with Crippen LogP contribution in [0.4, 0.5) is 5.95 Å². The lowest BCUT2D eigenvalue weighted by molar-refractivity contribution is 0.176. The monoisotopic (exact) mass is 549 g/mol. The van der Waals surface area contributed by atoms with E-state index in [0.717, 1.165) is 56.3 Å². The van der Waals surface area contributed by atoms with Crippen molar-refractivity contribution in [3.05, 3.63) is 53.7 Å². The largest absolute Gasteiger partial charge is 0.484 e. The molecule has 3 aromatic rings. The zero-order valence-electron chi connectivity index (χ0n) is 24.6. The first kappa shape index (κ1) is 28.1. The van der Waals surface area contributed by atoms with Gasteiger partial charge < -0.3 is 19.8 Å². The quantitative estimate of drug-likeness (QED) is 0.288. The van der Waals surface area contributed by atoms with Crippen LogP contribution in [-0.4, -0.2) is 42.6 Å². The predicted octanol–water partition coefficient (Wildman–Crippen LogP) is 7.05. The molecular weight excluding hydrogens is 502 g/mol. The number of anilines is 1. The Morgan fingerprint density at radius 3 is 2.36 bits per heavy atom. The highest BCUT2D eigenvalue weighted by atomic mass is 28.4. The highest BCUT2D eigenvalue weighted by Crippen LogP contribution is 2.43. The Labute approximate surface area is 235 Å². The molecular formula is C31H47N5O2Si. The number of hydrogen-bond acceptors (Lipinski definition) is 6. The minimum Gasteiger partial charge on any atom is -0.484 e. The van der Waals surface area contributed by atoms with Crippen molar-refractivity contribution in [2.24, 2.45) is 11.7 Å². The molecule has 5 rings (SSSR count). The maximum atomic E-state index is 6.99. The third-order valence-corrected chi connectivity index (χ3v) is 15.3. The zero-order valence-corrected chi connectivity index (χ0v) is 25.6. The Morgan fingerprint density at radius 1 is 0.923 bits per heavy atom. The number of piperidine rings is 1. The average Bonchev–Trinajstić information content (AvgIpc) is 3.34. The van der Waals surface area contributed by atoms with Crippen LogP contribution in [0.3, 0.4) is 0 Å². The van der Waals surface area contributed by atoms with E-state index in [4.69, 9.17) is 14.9 Å². The van der Waals surface area contributed by atoms with Gasteiger partial charge in [-0.05, 0) is 71.5 Å². The van der Waals surface area contributed by atoms with E-state index in [9.17, 15) is 0 Å². The molecule has 1 fully saturated rings. The van der Waals surface area contributed by atoms with Gasteiger partial charge in [0.05, 0.1) is 6.20 Å². The molecule has 0 bridgehead atoms. The van der Waals surface area contributed by atoms with Crippen LogP contribution in [0.25, 0.3) is 5.65 Å². The highest BCUT2D eigenvalue weighted by Gasteiger charge is 2.45. The Bertz CT molecular complexity index is 1240. The second kappa shape index (κ2) is 11.6. The number of rotatable bonds is 9. The number of fused-ring (bicyclic) bond motifs is 2. The number of hydrogen-bond donors (Lipinski definition) is 1. The molecule has 0 unspecified atom stereocenters. The van der Waals surface area contributed by atoms with Crippen LogP contribution in [0.2, 0.25) is 16.6 Å². The van der Waals surface area contributed by atoms with Crippen LogP contribution >= 0.6 is 0 Å². The summed E-state index contributed by atoms with van der Waals surface area (Å²) in [6, 6.07) is 12.5. The van der Waals surface area contributed by atoms with E-state index >= 15 is 0 Å². The Kier molecular flexibility index (Phi) is 8.36. The van der Waals surface area contributed by atoms with Crippen molar-refractivity contribution in [1.82, 2.24) is 14.6 Å². The number of ether oxygens (including phenoxy) is 1. The van der Waals surface area contributed by atoms with Crippen molar-refractivity contribution in [1.29, 1.82) is 0 Å². The number of aromatic nitrogens is 3. The Morgan fingerprint density at radius 2 is 1.64 bits per heavy atom. The molecule has 2 aliphatic rings. The smallest absolute Gasteiger partial charge is 0.231 e. The molecule has 0 radical (unpaired) electrons. The number of pyridine rings is 1. The minimum absolute atomic E-state index is 0.00204. The fraction of sp³-hybridized carbons (Fsp3) is 0.613. The highest BCUT2D eigenvalue weighted by molar-refractivity contribution is 6.77. The molecule has 2 N–H and O–H groups in total. The fourth-order valence-electron chi connectivity index (χ4n) is 7.36. The molecule has 1 aliphatic carbocycles.